The van der Waals surface area contributed by atoms with Crippen molar-refractivity contribution >= 4 is 33.2 Å². The van der Waals surface area contributed by atoms with E-state index in [9.17, 15) is 4.79 Å². The molecule has 26 heavy (non-hydrogen) atoms. The van der Waals surface area contributed by atoms with Crippen LogP contribution in [0.15, 0.2) is 40.9 Å². The zero-order valence-electron chi connectivity index (χ0n) is 15.4. The number of halogens is 1. The van der Waals surface area contributed by atoms with Crippen LogP contribution in [0.2, 0.25) is 0 Å². The van der Waals surface area contributed by atoms with E-state index in [0.717, 1.165) is 41.9 Å². The largest absolute Gasteiger partial charge is 0.496 e. The van der Waals surface area contributed by atoms with Crippen molar-refractivity contribution in [3.05, 3.63) is 52.0 Å². The average Bonchev–Trinajstić information content (AvgIpc) is 2.62. The van der Waals surface area contributed by atoms with Crippen LogP contribution >= 0.6 is 15.9 Å². The first-order valence-corrected chi connectivity index (χ1v) is 9.46. The van der Waals surface area contributed by atoms with Crippen molar-refractivity contribution in [1.29, 1.82) is 0 Å². The van der Waals surface area contributed by atoms with Crippen LogP contribution in [0.4, 0.5) is 11.4 Å². The minimum Gasteiger partial charge on any atom is -0.496 e. The molecule has 2 aromatic carbocycles. The van der Waals surface area contributed by atoms with Gasteiger partial charge in [0.2, 0.25) is 0 Å². The smallest absolute Gasteiger partial charge is 0.259 e. The quantitative estimate of drug-likeness (QED) is 0.821. The van der Waals surface area contributed by atoms with E-state index in [4.69, 9.17) is 4.74 Å². The van der Waals surface area contributed by atoms with Crippen molar-refractivity contribution in [1.82, 2.24) is 4.90 Å². The highest BCUT2D eigenvalue weighted by Gasteiger charge is 2.17. The van der Waals surface area contributed by atoms with Crippen molar-refractivity contribution in [3.63, 3.8) is 0 Å². The number of amides is 1. The molecule has 5 nitrogen and oxygen atoms in total. The number of carbonyl (C=O) groups excluding carboxylic acids is 1. The summed E-state index contributed by atoms with van der Waals surface area (Å²) >= 11 is 3.44. The van der Waals surface area contributed by atoms with Gasteiger partial charge >= 0.3 is 0 Å². The second-order valence-corrected chi connectivity index (χ2v) is 7.51. The molecule has 1 saturated heterocycles. The number of carbonyl (C=O) groups is 1. The first-order valence-electron chi connectivity index (χ1n) is 8.67. The van der Waals surface area contributed by atoms with Gasteiger partial charge in [0.25, 0.3) is 5.91 Å². The number of piperazine rings is 1. The number of hydrogen-bond donors (Lipinski definition) is 1. The summed E-state index contributed by atoms with van der Waals surface area (Å²) in [6.45, 7) is 6.11. The van der Waals surface area contributed by atoms with E-state index in [0.29, 0.717) is 11.3 Å². The van der Waals surface area contributed by atoms with Crippen molar-refractivity contribution < 1.29 is 9.53 Å². The second-order valence-electron chi connectivity index (χ2n) is 6.59. The summed E-state index contributed by atoms with van der Waals surface area (Å²) < 4.78 is 6.26. The lowest BCUT2D eigenvalue weighted by atomic mass is 10.1. The molecule has 1 heterocycles. The first-order chi connectivity index (χ1) is 12.5. The number of benzene rings is 2. The Labute approximate surface area is 163 Å². The monoisotopic (exact) mass is 417 g/mol. The molecule has 1 N–H and O–H groups in total. The Hall–Kier alpha value is -2.05. The number of ether oxygens (including phenoxy) is 1. The molecule has 3 rings (SSSR count). The van der Waals surface area contributed by atoms with Gasteiger partial charge in [-0.2, -0.15) is 0 Å². The third-order valence-corrected chi connectivity index (χ3v) is 5.14. The van der Waals surface area contributed by atoms with Gasteiger partial charge in [0, 0.05) is 42.0 Å². The first kappa shape index (κ1) is 18.7. The van der Waals surface area contributed by atoms with Gasteiger partial charge in [-0.15, -0.1) is 0 Å². The highest BCUT2D eigenvalue weighted by atomic mass is 79.9. The van der Waals surface area contributed by atoms with E-state index in [-0.39, 0.29) is 5.91 Å². The highest BCUT2D eigenvalue weighted by molar-refractivity contribution is 9.10. The number of hydrogen-bond acceptors (Lipinski definition) is 4. The molecule has 0 aliphatic carbocycles. The van der Waals surface area contributed by atoms with Crippen LogP contribution in [-0.4, -0.2) is 51.1 Å². The zero-order valence-corrected chi connectivity index (χ0v) is 17.0. The normalized spacial score (nSPS) is 15.0. The molecule has 0 atom stereocenters. The number of nitrogens with one attached hydrogen (secondary N) is 1. The number of likely N-dealkylation sites (N-methyl/N-ethyl adjacent to an activating group) is 1. The number of anilines is 2. The minimum atomic E-state index is -0.182. The number of rotatable bonds is 4. The molecule has 0 aromatic heterocycles. The van der Waals surface area contributed by atoms with E-state index in [2.05, 4.69) is 50.2 Å². The molecular formula is C20H24BrN3O2. The fourth-order valence-corrected chi connectivity index (χ4v) is 3.76. The van der Waals surface area contributed by atoms with Crippen molar-refractivity contribution in [2.45, 2.75) is 6.92 Å². The van der Waals surface area contributed by atoms with Crippen LogP contribution in [0.25, 0.3) is 0 Å². The summed E-state index contributed by atoms with van der Waals surface area (Å²) in [5.41, 5.74) is 3.39. The summed E-state index contributed by atoms with van der Waals surface area (Å²) in [6.07, 6.45) is 0. The molecule has 0 bridgehead atoms. The molecule has 0 spiro atoms. The van der Waals surface area contributed by atoms with E-state index in [1.165, 1.54) is 5.69 Å². The molecule has 0 unspecified atom stereocenters. The van der Waals surface area contributed by atoms with E-state index in [1.54, 1.807) is 13.2 Å². The van der Waals surface area contributed by atoms with Gasteiger partial charge in [-0.25, -0.2) is 0 Å². The number of aryl methyl sites for hydroxylation is 1. The molecule has 6 heteroatoms. The molecule has 0 saturated carbocycles. The summed E-state index contributed by atoms with van der Waals surface area (Å²) in [6, 6.07) is 11.7. The van der Waals surface area contributed by atoms with Gasteiger partial charge in [-0.1, -0.05) is 15.9 Å². The van der Waals surface area contributed by atoms with Gasteiger partial charge in [0.05, 0.1) is 12.7 Å². The summed E-state index contributed by atoms with van der Waals surface area (Å²) in [4.78, 5) is 17.4. The van der Waals surface area contributed by atoms with Crippen LogP contribution in [0.1, 0.15) is 15.9 Å². The van der Waals surface area contributed by atoms with Crippen LogP contribution in [0, 0.1) is 6.92 Å². The lowest BCUT2D eigenvalue weighted by Gasteiger charge is -2.34. The Morgan fingerprint density at radius 1 is 1.12 bits per heavy atom. The topological polar surface area (TPSA) is 44.8 Å². The maximum atomic E-state index is 12.7. The molecule has 0 radical (unpaired) electrons. The Bertz CT molecular complexity index is 784. The molecule has 1 aliphatic heterocycles. The van der Waals surface area contributed by atoms with Crippen LogP contribution < -0.4 is 15.0 Å². The second kappa shape index (κ2) is 8.10. The highest BCUT2D eigenvalue weighted by Crippen LogP contribution is 2.29. The molecule has 138 valence electrons. The maximum Gasteiger partial charge on any atom is 0.259 e. The number of nitrogens with zero attached hydrogens (tertiary/aromatic N) is 2. The summed E-state index contributed by atoms with van der Waals surface area (Å²) in [5.74, 6) is 0.415. The van der Waals surface area contributed by atoms with Crippen LogP contribution in [0.3, 0.4) is 0 Å². The maximum absolute atomic E-state index is 12.7. The van der Waals surface area contributed by atoms with Gasteiger partial charge in [0.15, 0.2) is 0 Å². The van der Waals surface area contributed by atoms with E-state index in [1.807, 2.05) is 25.1 Å². The van der Waals surface area contributed by atoms with E-state index < -0.39 is 0 Å². The fraction of sp³-hybridized carbons (Fsp3) is 0.350. The molecule has 1 amide bonds. The van der Waals surface area contributed by atoms with Crippen LogP contribution in [-0.2, 0) is 0 Å². The van der Waals surface area contributed by atoms with Gasteiger partial charge in [0.1, 0.15) is 5.75 Å². The van der Waals surface area contributed by atoms with Crippen molar-refractivity contribution in [2.75, 3.05) is 50.6 Å². The SMILES string of the molecule is COc1c(C)cc(Br)cc1C(=O)Nc1ccc(N2CCN(C)CC2)cc1. The average molecular weight is 418 g/mol. The molecule has 1 aliphatic rings. The predicted octanol–water partition coefficient (Wildman–Crippen LogP) is 3.77. The lowest BCUT2D eigenvalue weighted by molar-refractivity contribution is 0.102. The zero-order chi connectivity index (χ0) is 18.7. The number of methoxy groups -OCH3 is 1. The van der Waals surface area contributed by atoms with Gasteiger partial charge in [-0.05, 0) is 55.9 Å². The standard InChI is InChI=1S/C20H24BrN3O2/c1-14-12-15(21)13-18(19(14)26-3)20(25)22-16-4-6-17(7-5-16)24-10-8-23(2)9-11-24/h4-7,12-13H,8-11H2,1-3H3,(H,22,25). The van der Waals surface area contributed by atoms with Crippen molar-refractivity contribution in [3.8, 4) is 5.75 Å². The fourth-order valence-electron chi connectivity index (χ4n) is 3.19. The Morgan fingerprint density at radius 3 is 2.38 bits per heavy atom. The summed E-state index contributed by atoms with van der Waals surface area (Å²) in [7, 11) is 3.73. The molecule has 1 fully saturated rings. The molecule has 2 aromatic rings. The van der Waals surface area contributed by atoms with Gasteiger partial charge in [-0.3, -0.25) is 4.79 Å². The lowest BCUT2D eigenvalue weighted by Crippen LogP contribution is -2.44. The Morgan fingerprint density at radius 2 is 1.77 bits per heavy atom. The minimum absolute atomic E-state index is 0.182. The van der Waals surface area contributed by atoms with E-state index >= 15 is 0 Å². The third kappa shape index (κ3) is 4.19. The summed E-state index contributed by atoms with van der Waals surface area (Å²) in [5, 5.41) is 2.96. The van der Waals surface area contributed by atoms with Gasteiger partial charge < -0.3 is 19.9 Å². The third-order valence-electron chi connectivity index (χ3n) is 4.68. The van der Waals surface area contributed by atoms with Crippen LogP contribution in [0.5, 0.6) is 5.75 Å². The predicted molar refractivity (Wildman–Crippen MR) is 110 cm³/mol. The Balaban J connectivity index is 1.72. The van der Waals surface area contributed by atoms with Crippen molar-refractivity contribution in [2.24, 2.45) is 0 Å². The molecular weight excluding hydrogens is 394 g/mol. The Kier molecular flexibility index (Phi) is 5.84.